The van der Waals surface area contributed by atoms with Crippen molar-refractivity contribution in [3.63, 3.8) is 0 Å². The number of carbonyl (C=O) groups is 1. The molecule has 0 saturated carbocycles. The maximum atomic E-state index is 12.1. The molecule has 0 radical (unpaired) electrons. The number of benzene rings is 1. The van der Waals surface area contributed by atoms with Gasteiger partial charge >= 0.3 is 5.97 Å². The van der Waals surface area contributed by atoms with E-state index in [4.69, 9.17) is 27.9 Å². The molecule has 0 aliphatic carbocycles. The van der Waals surface area contributed by atoms with Crippen LogP contribution >= 0.6 is 23.2 Å². The highest BCUT2D eigenvalue weighted by atomic mass is 35.5. The fourth-order valence-corrected chi connectivity index (χ4v) is 2.60. The first-order valence-electron chi connectivity index (χ1n) is 7.70. The topological polar surface area (TPSA) is 79.0 Å². The van der Waals surface area contributed by atoms with E-state index in [1.54, 1.807) is 49.0 Å². The molecule has 0 aliphatic rings. The van der Waals surface area contributed by atoms with Crippen molar-refractivity contribution in [2.24, 2.45) is 0 Å². The number of halogens is 2. The van der Waals surface area contributed by atoms with Gasteiger partial charge in [0, 0.05) is 6.20 Å². The lowest BCUT2D eigenvalue weighted by molar-refractivity contribution is 0.0525. The molecular formula is C17H14Cl2N4O3. The van der Waals surface area contributed by atoms with E-state index in [2.05, 4.69) is 10.2 Å². The number of aryl methyl sites for hydroxylation is 1. The van der Waals surface area contributed by atoms with Gasteiger partial charge in [-0.2, -0.15) is 14.9 Å². The van der Waals surface area contributed by atoms with E-state index in [0.29, 0.717) is 29.2 Å². The summed E-state index contributed by atoms with van der Waals surface area (Å²) in [6, 6.07) is 6.87. The van der Waals surface area contributed by atoms with Crippen LogP contribution in [-0.4, -0.2) is 32.1 Å². The van der Waals surface area contributed by atoms with Gasteiger partial charge in [0.25, 0.3) is 5.56 Å². The second-order valence-electron chi connectivity index (χ2n) is 5.33. The molecule has 3 rings (SSSR count). The largest absolute Gasteiger partial charge is 0.462 e. The first-order valence-corrected chi connectivity index (χ1v) is 8.45. The average molecular weight is 393 g/mol. The normalized spacial score (nSPS) is 10.8. The van der Waals surface area contributed by atoms with E-state index < -0.39 is 11.5 Å². The molecule has 9 heteroatoms. The molecule has 0 N–H and O–H groups in total. The number of hydrogen-bond acceptors (Lipinski definition) is 5. The molecule has 2 aromatic heterocycles. The van der Waals surface area contributed by atoms with Gasteiger partial charge in [-0.1, -0.05) is 23.2 Å². The Morgan fingerprint density at radius 1 is 1.19 bits per heavy atom. The molecule has 0 bridgehead atoms. The zero-order valence-electron chi connectivity index (χ0n) is 13.9. The van der Waals surface area contributed by atoms with Crippen molar-refractivity contribution in [2.45, 2.75) is 13.8 Å². The van der Waals surface area contributed by atoms with Gasteiger partial charge in [-0.05, 0) is 38.1 Å². The van der Waals surface area contributed by atoms with Crippen LogP contribution in [-0.2, 0) is 4.74 Å². The van der Waals surface area contributed by atoms with E-state index in [-0.39, 0.29) is 10.0 Å². The third-order valence-corrected chi connectivity index (χ3v) is 4.38. The zero-order valence-corrected chi connectivity index (χ0v) is 15.5. The molecule has 0 amide bonds. The molecule has 134 valence electrons. The lowest BCUT2D eigenvalue weighted by Gasteiger charge is -2.07. The van der Waals surface area contributed by atoms with Gasteiger partial charge in [-0.25, -0.2) is 9.48 Å². The smallest absolute Gasteiger partial charge is 0.341 e. The summed E-state index contributed by atoms with van der Waals surface area (Å²) in [7, 11) is 0. The molecule has 2 heterocycles. The Bertz CT molecular complexity index is 1030. The van der Waals surface area contributed by atoms with Crippen LogP contribution in [0.5, 0.6) is 0 Å². The van der Waals surface area contributed by atoms with Crippen LogP contribution in [0.25, 0.3) is 11.4 Å². The van der Waals surface area contributed by atoms with E-state index in [0.717, 1.165) is 4.68 Å². The van der Waals surface area contributed by atoms with Crippen LogP contribution in [0.2, 0.25) is 10.0 Å². The Balaban J connectivity index is 1.94. The maximum absolute atomic E-state index is 12.1. The molecule has 0 unspecified atom stereocenters. The average Bonchev–Trinajstić information content (AvgIpc) is 3.02. The van der Waals surface area contributed by atoms with Gasteiger partial charge in [0.1, 0.15) is 10.6 Å². The highest BCUT2D eigenvalue weighted by molar-refractivity contribution is 6.41. The van der Waals surface area contributed by atoms with E-state index in [1.807, 2.05) is 0 Å². The zero-order chi connectivity index (χ0) is 18.8. The SMILES string of the molecule is CCOC(=O)c1cn(-c2ccc(-n3ncc(Cl)c(Cl)c3=O)cc2)nc1C. The Morgan fingerprint density at radius 2 is 1.85 bits per heavy atom. The first kappa shape index (κ1) is 18.2. The summed E-state index contributed by atoms with van der Waals surface area (Å²) in [6.45, 7) is 3.77. The Morgan fingerprint density at radius 3 is 2.50 bits per heavy atom. The number of aromatic nitrogens is 4. The van der Waals surface area contributed by atoms with Crippen LogP contribution < -0.4 is 5.56 Å². The van der Waals surface area contributed by atoms with Crippen molar-refractivity contribution in [1.29, 1.82) is 0 Å². The highest BCUT2D eigenvalue weighted by Gasteiger charge is 2.15. The number of esters is 1. The summed E-state index contributed by atoms with van der Waals surface area (Å²) in [4.78, 5) is 24.0. The summed E-state index contributed by atoms with van der Waals surface area (Å²) in [5.41, 5.74) is 1.69. The quantitative estimate of drug-likeness (QED) is 0.636. The summed E-state index contributed by atoms with van der Waals surface area (Å²) in [6.07, 6.45) is 2.91. The molecule has 7 nitrogen and oxygen atoms in total. The Labute approximate surface area is 158 Å². The number of ether oxygens (including phenoxy) is 1. The van der Waals surface area contributed by atoms with Crippen LogP contribution in [0.4, 0.5) is 0 Å². The van der Waals surface area contributed by atoms with Crippen LogP contribution in [0.15, 0.2) is 41.5 Å². The van der Waals surface area contributed by atoms with E-state index >= 15 is 0 Å². The van der Waals surface area contributed by atoms with Gasteiger partial charge < -0.3 is 4.74 Å². The minimum Gasteiger partial charge on any atom is -0.462 e. The first-order chi connectivity index (χ1) is 12.4. The molecule has 0 fully saturated rings. The Kier molecular flexibility index (Phi) is 5.11. The molecular weight excluding hydrogens is 379 g/mol. The minimum atomic E-state index is -0.508. The van der Waals surface area contributed by atoms with Crippen molar-refractivity contribution < 1.29 is 9.53 Å². The molecule has 26 heavy (non-hydrogen) atoms. The summed E-state index contributed by atoms with van der Waals surface area (Å²) < 4.78 is 7.72. The predicted molar refractivity (Wildman–Crippen MR) is 97.7 cm³/mol. The summed E-state index contributed by atoms with van der Waals surface area (Å²) >= 11 is 11.7. The van der Waals surface area contributed by atoms with Crippen molar-refractivity contribution in [3.05, 3.63) is 68.3 Å². The number of carbonyl (C=O) groups excluding carboxylic acids is 1. The van der Waals surface area contributed by atoms with Gasteiger partial charge in [0.05, 0.1) is 34.9 Å². The molecule has 0 aliphatic heterocycles. The lowest BCUT2D eigenvalue weighted by atomic mass is 10.2. The molecule has 0 saturated heterocycles. The number of rotatable bonds is 4. The fraction of sp³-hybridized carbons (Fsp3) is 0.176. The summed E-state index contributed by atoms with van der Waals surface area (Å²) in [5, 5.41) is 8.31. The molecule has 0 spiro atoms. The van der Waals surface area contributed by atoms with Crippen molar-refractivity contribution >= 4 is 29.2 Å². The van der Waals surface area contributed by atoms with Crippen molar-refractivity contribution in [2.75, 3.05) is 6.61 Å². The Hall–Kier alpha value is -2.64. The fourth-order valence-electron chi connectivity index (χ4n) is 2.34. The third-order valence-electron chi connectivity index (χ3n) is 3.63. The van der Waals surface area contributed by atoms with Gasteiger partial charge in [-0.3, -0.25) is 4.79 Å². The van der Waals surface area contributed by atoms with Gasteiger partial charge in [0.15, 0.2) is 0 Å². The maximum Gasteiger partial charge on any atom is 0.341 e. The van der Waals surface area contributed by atoms with E-state index in [1.165, 1.54) is 6.20 Å². The lowest BCUT2D eigenvalue weighted by Crippen LogP contribution is -2.21. The molecule has 1 aromatic carbocycles. The van der Waals surface area contributed by atoms with Crippen LogP contribution in [0, 0.1) is 6.92 Å². The number of nitrogens with zero attached hydrogens (tertiary/aromatic N) is 4. The summed E-state index contributed by atoms with van der Waals surface area (Å²) in [5.74, 6) is -0.417. The third kappa shape index (κ3) is 3.36. The van der Waals surface area contributed by atoms with Gasteiger partial charge in [-0.15, -0.1) is 0 Å². The van der Waals surface area contributed by atoms with Crippen LogP contribution in [0.1, 0.15) is 23.0 Å². The highest BCUT2D eigenvalue weighted by Crippen LogP contribution is 2.18. The monoisotopic (exact) mass is 392 g/mol. The predicted octanol–water partition coefficient (Wildman–Crippen LogP) is 3.21. The standard InChI is InChI=1S/C17H14Cl2N4O3/c1-3-26-17(25)13-9-22(21-10(13)2)11-4-6-12(7-5-11)23-16(24)15(19)14(18)8-20-23/h4-9H,3H2,1-2H3. The van der Waals surface area contributed by atoms with Crippen molar-refractivity contribution in [1.82, 2.24) is 19.6 Å². The molecule has 3 aromatic rings. The molecule has 0 atom stereocenters. The van der Waals surface area contributed by atoms with Crippen molar-refractivity contribution in [3.8, 4) is 11.4 Å². The minimum absolute atomic E-state index is 0.0903. The second kappa shape index (κ2) is 7.31. The van der Waals surface area contributed by atoms with E-state index in [9.17, 15) is 9.59 Å². The number of hydrogen-bond donors (Lipinski definition) is 0. The second-order valence-corrected chi connectivity index (χ2v) is 6.12. The van der Waals surface area contributed by atoms with Gasteiger partial charge in [0.2, 0.25) is 0 Å². The van der Waals surface area contributed by atoms with Crippen LogP contribution in [0.3, 0.4) is 0 Å².